The topological polar surface area (TPSA) is 23.6 Å². The lowest BCUT2D eigenvalue weighted by Crippen LogP contribution is -2.50. The van der Waals surface area contributed by atoms with Gasteiger partial charge in [-0.3, -0.25) is 9.69 Å². The van der Waals surface area contributed by atoms with Crippen LogP contribution in [-0.2, 0) is 16.8 Å². The van der Waals surface area contributed by atoms with Crippen LogP contribution < -0.4 is 0 Å². The Morgan fingerprint density at radius 1 is 1.03 bits per heavy atom. The molecule has 0 atom stereocenters. The van der Waals surface area contributed by atoms with Crippen LogP contribution in [0.5, 0.6) is 0 Å². The van der Waals surface area contributed by atoms with E-state index in [1.807, 2.05) is 4.90 Å². The van der Waals surface area contributed by atoms with Crippen molar-refractivity contribution in [2.75, 3.05) is 20.6 Å². The van der Waals surface area contributed by atoms with E-state index in [0.717, 1.165) is 37.7 Å². The molecular formula is C24H32ClFN2O. The summed E-state index contributed by atoms with van der Waals surface area (Å²) in [4.78, 5) is 16.7. The van der Waals surface area contributed by atoms with Crippen molar-refractivity contribution in [1.29, 1.82) is 0 Å². The van der Waals surface area contributed by atoms with Gasteiger partial charge in [-0.25, -0.2) is 4.39 Å². The number of hydrogen-bond acceptors (Lipinski definition) is 2. The Kier molecular flexibility index (Phi) is 8.23. The van der Waals surface area contributed by atoms with Crippen molar-refractivity contribution >= 4 is 18.3 Å². The predicted molar refractivity (Wildman–Crippen MR) is 119 cm³/mol. The summed E-state index contributed by atoms with van der Waals surface area (Å²) >= 11 is 0. The van der Waals surface area contributed by atoms with Crippen molar-refractivity contribution in [3.8, 4) is 0 Å². The third kappa shape index (κ3) is 5.37. The van der Waals surface area contributed by atoms with Crippen LogP contribution >= 0.6 is 12.4 Å². The molecule has 2 aromatic carbocycles. The zero-order valence-electron chi connectivity index (χ0n) is 17.6. The molecule has 0 spiro atoms. The molecule has 0 heterocycles. The largest absolute Gasteiger partial charge is 0.340 e. The SMILES string of the molecule is CC(=O)N(CCc1ccc(F)cc1)C1CCC(c2ccccc2)(N(C)C)CC1.Cl. The Balaban J connectivity index is 0.00000300. The first kappa shape index (κ1) is 23.4. The lowest BCUT2D eigenvalue weighted by molar-refractivity contribution is -0.132. The van der Waals surface area contributed by atoms with Gasteiger partial charge in [-0.05, 0) is 69.5 Å². The number of halogens is 2. The average Bonchev–Trinajstić information content (AvgIpc) is 2.70. The number of nitrogens with zero attached hydrogens (tertiary/aromatic N) is 2. The van der Waals surface area contributed by atoms with Crippen molar-refractivity contribution in [2.24, 2.45) is 0 Å². The van der Waals surface area contributed by atoms with Crippen LogP contribution in [0.2, 0.25) is 0 Å². The van der Waals surface area contributed by atoms with E-state index >= 15 is 0 Å². The fourth-order valence-corrected chi connectivity index (χ4v) is 4.63. The minimum atomic E-state index is -0.222. The minimum Gasteiger partial charge on any atom is -0.340 e. The molecule has 158 valence electrons. The van der Waals surface area contributed by atoms with Crippen LogP contribution in [0.1, 0.15) is 43.7 Å². The molecule has 0 saturated heterocycles. The van der Waals surface area contributed by atoms with Gasteiger partial charge in [0.15, 0.2) is 0 Å². The number of amides is 1. The van der Waals surface area contributed by atoms with E-state index in [9.17, 15) is 9.18 Å². The van der Waals surface area contributed by atoms with Gasteiger partial charge in [0.05, 0.1) is 0 Å². The number of carbonyl (C=O) groups is 1. The third-order valence-electron chi connectivity index (χ3n) is 6.35. The maximum atomic E-state index is 13.1. The van der Waals surface area contributed by atoms with Crippen LogP contribution in [0.4, 0.5) is 4.39 Å². The van der Waals surface area contributed by atoms with Crippen molar-refractivity contribution in [1.82, 2.24) is 9.80 Å². The molecular weight excluding hydrogens is 387 g/mol. The number of hydrogen-bond donors (Lipinski definition) is 0. The first-order valence-corrected chi connectivity index (χ1v) is 10.2. The maximum Gasteiger partial charge on any atom is 0.219 e. The van der Waals surface area contributed by atoms with Crippen LogP contribution in [0.15, 0.2) is 54.6 Å². The molecule has 29 heavy (non-hydrogen) atoms. The van der Waals surface area contributed by atoms with Gasteiger partial charge in [-0.2, -0.15) is 0 Å². The van der Waals surface area contributed by atoms with Gasteiger partial charge in [0.25, 0.3) is 0 Å². The molecule has 0 aromatic heterocycles. The van der Waals surface area contributed by atoms with Crippen molar-refractivity contribution in [2.45, 2.75) is 50.6 Å². The number of carbonyl (C=O) groups excluding carboxylic acids is 1. The van der Waals surface area contributed by atoms with Gasteiger partial charge < -0.3 is 4.90 Å². The second kappa shape index (κ2) is 10.2. The quantitative estimate of drug-likeness (QED) is 0.656. The highest BCUT2D eigenvalue weighted by Gasteiger charge is 2.40. The maximum absolute atomic E-state index is 13.1. The zero-order valence-corrected chi connectivity index (χ0v) is 18.4. The smallest absolute Gasteiger partial charge is 0.219 e. The zero-order chi connectivity index (χ0) is 20.1. The lowest BCUT2D eigenvalue weighted by atomic mass is 9.73. The number of rotatable bonds is 6. The molecule has 5 heteroatoms. The summed E-state index contributed by atoms with van der Waals surface area (Å²) in [5.41, 5.74) is 2.46. The highest BCUT2D eigenvalue weighted by atomic mass is 35.5. The molecule has 1 aliphatic rings. The first-order chi connectivity index (χ1) is 13.4. The van der Waals surface area contributed by atoms with Crippen LogP contribution in [0.3, 0.4) is 0 Å². The molecule has 0 bridgehead atoms. The molecule has 0 radical (unpaired) electrons. The summed E-state index contributed by atoms with van der Waals surface area (Å²) in [6, 6.07) is 17.6. The molecule has 0 N–H and O–H groups in total. The summed E-state index contributed by atoms with van der Waals surface area (Å²) in [5.74, 6) is -0.0930. The van der Waals surface area contributed by atoms with E-state index in [0.29, 0.717) is 6.54 Å². The Bertz CT molecular complexity index is 771. The fourth-order valence-electron chi connectivity index (χ4n) is 4.63. The molecule has 0 unspecified atom stereocenters. The van der Waals surface area contributed by atoms with E-state index in [2.05, 4.69) is 49.3 Å². The summed E-state index contributed by atoms with van der Waals surface area (Å²) in [6.45, 7) is 2.35. The highest BCUT2D eigenvalue weighted by molar-refractivity contribution is 5.85. The van der Waals surface area contributed by atoms with Crippen molar-refractivity contribution in [3.63, 3.8) is 0 Å². The van der Waals surface area contributed by atoms with E-state index in [1.54, 1.807) is 19.1 Å². The average molecular weight is 419 g/mol. The standard InChI is InChI=1S/C24H31FN2O.ClH/c1-19(28)27(18-15-20-9-11-22(25)12-10-20)23-13-16-24(17-14-23,26(2)3)21-7-5-4-6-8-21;/h4-12,23H,13-18H2,1-3H3;1H. The molecule has 3 nitrogen and oxygen atoms in total. The van der Waals surface area contributed by atoms with Crippen molar-refractivity contribution in [3.05, 3.63) is 71.5 Å². The lowest BCUT2D eigenvalue weighted by Gasteiger charge is -2.47. The molecule has 0 aliphatic heterocycles. The highest BCUT2D eigenvalue weighted by Crippen LogP contribution is 2.42. The van der Waals surface area contributed by atoms with E-state index < -0.39 is 0 Å². The van der Waals surface area contributed by atoms with E-state index in [-0.39, 0.29) is 35.7 Å². The van der Waals surface area contributed by atoms with E-state index in [1.165, 1.54) is 17.7 Å². The summed E-state index contributed by atoms with van der Waals surface area (Å²) in [7, 11) is 4.31. The second-order valence-corrected chi connectivity index (χ2v) is 8.11. The monoisotopic (exact) mass is 418 g/mol. The molecule has 1 aliphatic carbocycles. The van der Waals surface area contributed by atoms with Gasteiger partial charge in [0.1, 0.15) is 5.82 Å². The minimum absolute atomic E-state index is 0. The van der Waals surface area contributed by atoms with Crippen LogP contribution in [0, 0.1) is 5.82 Å². The van der Waals surface area contributed by atoms with Gasteiger partial charge in [-0.1, -0.05) is 42.5 Å². The van der Waals surface area contributed by atoms with Crippen LogP contribution in [-0.4, -0.2) is 42.4 Å². The normalized spacial score (nSPS) is 21.5. The Morgan fingerprint density at radius 2 is 1.62 bits per heavy atom. The fraction of sp³-hybridized carbons (Fsp3) is 0.458. The van der Waals surface area contributed by atoms with Gasteiger partial charge >= 0.3 is 0 Å². The Hall–Kier alpha value is -1.91. The van der Waals surface area contributed by atoms with Crippen molar-refractivity contribution < 1.29 is 9.18 Å². The Morgan fingerprint density at radius 3 is 2.14 bits per heavy atom. The first-order valence-electron chi connectivity index (χ1n) is 10.2. The van der Waals surface area contributed by atoms with E-state index in [4.69, 9.17) is 0 Å². The van der Waals surface area contributed by atoms with Gasteiger partial charge in [-0.15, -0.1) is 12.4 Å². The Labute approximate surface area is 180 Å². The second-order valence-electron chi connectivity index (χ2n) is 8.11. The number of benzene rings is 2. The molecule has 1 saturated carbocycles. The molecule has 3 rings (SSSR count). The summed E-state index contributed by atoms with van der Waals surface area (Å²) in [5, 5.41) is 0. The summed E-state index contributed by atoms with van der Waals surface area (Å²) < 4.78 is 13.1. The third-order valence-corrected chi connectivity index (χ3v) is 6.35. The molecule has 1 fully saturated rings. The molecule has 2 aromatic rings. The van der Waals surface area contributed by atoms with Crippen LogP contribution in [0.25, 0.3) is 0 Å². The van der Waals surface area contributed by atoms with Gasteiger partial charge in [0.2, 0.25) is 5.91 Å². The molecule has 1 amide bonds. The van der Waals surface area contributed by atoms with Gasteiger partial charge in [0, 0.05) is 25.0 Å². The predicted octanol–water partition coefficient (Wildman–Crippen LogP) is 5.04. The summed E-state index contributed by atoms with van der Waals surface area (Å²) in [6.07, 6.45) is 4.82.